The summed E-state index contributed by atoms with van der Waals surface area (Å²) in [7, 11) is 0. The summed E-state index contributed by atoms with van der Waals surface area (Å²) < 4.78 is 0. The van der Waals surface area contributed by atoms with Crippen molar-refractivity contribution in [2.45, 2.75) is 13.1 Å². The molecule has 0 radical (unpaired) electrons. The molecule has 0 fully saturated rings. The second-order valence-electron chi connectivity index (χ2n) is 3.69. The van der Waals surface area contributed by atoms with Gasteiger partial charge in [-0.25, -0.2) is 4.98 Å². The summed E-state index contributed by atoms with van der Waals surface area (Å²) in [6.45, 7) is 1.48. The molecule has 0 bridgehead atoms. The molecular formula is C13H12Cl2N2. The van der Waals surface area contributed by atoms with Crippen LogP contribution < -0.4 is 5.32 Å². The highest BCUT2D eigenvalue weighted by atomic mass is 35.5. The molecule has 88 valence electrons. The molecule has 1 heterocycles. The van der Waals surface area contributed by atoms with Crippen LogP contribution in [0.1, 0.15) is 11.1 Å². The number of pyridine rings is 1. The number of aromatic nitrogens is 1. The zero-order valence-electron chi connectivity index (χ0n) is 9.16. The van der Waals surface area contributed by atoms with Crippen LogP contribution in [0.3, 0.4) is 0 Å². The summed E-state index contributed by atoms with van der Waals surface area (Å²) in [5.41, 5.74) is 2.19. The fourth-order valence-corrected chi connectivity index (χ4v) is 1.94. The third kappa shape index (κ3) is 3.70. The summed E-state index contributed by atoms with van der Waals surface area (Å²) >= 11 is 11.8. The lowest BCUT2D eigenvalue weighted by molar-refractivity contribution is 0.691. The first-order chi connectivity index (χ1) is 8.25. The monoisotopic (exact) mass is 266 g/mol. The molecule has 1 N–H and O–H groups in total. The average molecular weight is 267 g/mol. The van der Waals surface area contributed by atoms with E-state index >= 15 is 0 Å². The molecule has 0 saturated carbocycles. The molecular weight excluding hydrogens is 255 g/mol. The number of hydrogen-bond acceptors (Lipinski definition) is 2. The van der Waals surface area contributed by atoms with Gasteiger partial charge in [-0.1, -0.05) is 53.5 Å². The lowest BCUT2D eigenvalue weighted by Crippen LogP contribution is -2.13. The van der Waals surface area contributed by atoms with E-state index in [1.54, 1.807) is 12.3 Å². The zero-order valence-corrected chi connectivity index (χ0v) is 10.7. The van der Waals surface area contributed by atoms with E-state index in [1.165, 1.54) is 5.56 Å². The molecule has 0 aliphatic rings. The van der Waals surface area contributed by atoms with Gasteiger partial charge in [0.1, 0.15) is 5.15 Å². The minimum absolute atomic E-state index is 0.418. The van der Waals surface area contributed by atoms with Gasteiger partial charge in [0, 0.05) is 29.9 Å². The minimum atomic E-state index is 0.418. The van der Waals surface area contributed by atoms with Crippen molar-refractivity contribution in [2.75, 3.05) is 0 Å². The van der Waals surface area contributed by atoms with Crippen LogP contribution in [0.2, 0.25) is 10.2 Å². The van der Waals surface area contributed by atoms with Gasteiger partial charge in [-0.05, 0) is 11.6 Å². The Balaban J connectivity index is 1.90. The molecule has 0 unspecified atom stereocenters. The summed E-state index contributed by atoms with van der Waals surface area (Å²) in [6, 6.07) is 11.9. The summed E-state index contributed by atoms with van der Waals surface area (Å²) in [5, 5.41) is 4.37. The van der Waals surface area contributed by atoms with Crippen LogP contribution in [0, 0.1) is 0 Å². The fraction of sp³-hybridized carbons (Fsp3) is 0.154. The quantitative estimate of drug-likeness (QED) is 0.855. The lowest BCUT2D eigenvalue weighted by Gasteiger charge is -2.06. The molecule has 0 spiro atoms. The highest BCUT2D eigenvalue weighted by molar-refractivity contribution is 6.34. The third-order valence-electron chi connectivity index (χ3n) is 2.38. The predicted molar refractivity (Wildman–Crippen MR) is 71.2 cm³/mol. The maximum atomic E-state index is 6.05. The molecule has 0 aliphatic carbocycles. The van der Waals surface area contributed by atoms with Crippen LogP contribution in [0.4, 0.5) is 0 Å². The summed E-state index contributed by atoms with van der Waals surface area (Å²) in [5.74, 6) is 0. The highest BCUT2D eigenvalue weighted by Gasteiger charge is 2.01. The van der Waals surface area contributed by atoms with Gasteiger partial charge in [0.05, 0.1) is 0 Å². The van der Waals surface area contributed by atoms with Crippen molar-refractivity contribution in [3.05, 3.63) is 63.9 Å². The van der Waals surface area contributed by atoms with Gasteiger partial charge in [-0.15, -0.1) is 0 Å². The Morgan fingerprint density at radius 2 is 1.82 bits per heavy atom. The van der Waals surface area contributed by atoms with E-state index in [-0.39, 0.29) is 0 Å². The van der Waals surface area contributed by atoms with Gasteiger partial charge in [-0.3, -0.25) is 0 Å². The minimum Gasteiger partial charge on any atom is -0.309 e. The van der Waals surface area contributed by atoms with E-state index < -0.39 is 0 Å². The van der Waals surface area contributed by atoms with E-state index in [0.717, 1.165) is 12.1 Å². The maximum absolute atomic E-state index is 6.05. The first kappa shape index (κ1) is 12.4. The van der Waals surface area contributed by atoms with Crippen LogP contribution in [-0.2, 0) is 13.1 Å². The lowest BCUT2D eigenvalue weighted by atomic mass is 10.2. The van der Waals surface area contributed by atoms with Crippen molar-refractivity contribution in [3.63, 3.8) is 0 Å². The van der Waals surface area contributed by atoms with Crippen molar-refractivity contribution >= 4 is 23.2 Å². The fourth-order valence-electron chi connectivity index (χ4n) is 1.50. The van der Waals surface area contributed by atoms with Crippen molar-refractivity contribution in [1.29, 1.82) is 0 Å². The highest BCUT2D eigenvalue weighted by Crippen LogP contribution is 2.18. The van der Waals surface area contributed by atoms with Crippen molar-refractivity contribution < 1.29 is 0 Å². The van der Waals surface area contributed by atoms with Gasteiger partial charge in [-0.2, -0.15) is 0 Å². The first-order valence-corrected chi connectivity index (χ1v) is 6.06. The number of rotatable bonds is 4. The number of hydrogen-bond donors (Lipinski definition) is 1. The number of nitrogens with zero attached hydrogens (tertiary/aromatic N) is 1. The van der Waals surface area contributed by atoms with Crippen LogP contribution in [-0.4, -0.2) is 4.98 Å². The standard InChI is InChI=1S/C13H12Cl2N2/c14-12-6-13(15)17-9-11(12)8-16-7-10-4-2-1-3-5-10/h1-6,9,16H,7-8H2. The third-order valence-corrected chi connectivity index (χ3v) is 2.94. The SMILES string of the molecule is Clc1cc(Cl)c(CNCc2ccccc2)cn1. The molecule has 4 heteroatoms. The second-order valence-corrected chi connectivity index (χ2v) is 4.48. The molecule has 17 heavy (non-hydrogen) atoms. The molecule has 2 nitrogen and oxygen atoms in total. The van der Waals surface area contributed by atoms with E-state index in [4.69, 9.17) is 23.2 Å². The Morgan fingerprint density at radius 1 is 1.06 bits per heavy atom. The largest absolute Gasteiger partial charge is 0.309 e. The van der Waals surface area contributed by atoms with Crippen molar-refractivity contribution in [1.82, 2.24) is 10.3 Å². The van der Waals surface area contributed by atoms with Crippen LogP contribution in [0.5, 0.6) is 0 Å². The maximum Gasteiger partial charge on any atom is 0.130 e. The van der Waals surface area contributed by atoms with Crippen molar-refractivity contribution in [3.8, 4) is 0 Å². The van der Waals surface area contributed by atoms with Gasteiger partial charge in [0.25, 0.3) is 0 Å². The number of benzene rings is 1. The smallest absolute Gasteiger partial charge is 0.130 e. The zero-order chi connectivity index (χ0) is 12.1. The molecule has 1 aromatic carbocycles. The first-order valence-electron chi connectivity index (χ1n) is 5.30. The molecule has 0 amide bonds. The topological polar surface area (TPSA) is 24.9 Å². The molecule has 1 aromatic heterocycles. The van der Waals surface area contributed by atoms with Crippen LogP contribution in [0.15, 0.2) is 42.6 Å². The van der Waals surface area contributed by atoms with E-state index in [2.05, 4.69) is 22.4 Å². The Bertz CT molecular complexity index is 486. The predicted octanol–water partition coefficient (Wildman–Crippen LogP) is 3.68. The summed E-state index contributed by atoms with van der Waals surface area (Å²) in [4.78, 5) is 4.01. The van der Waals surface area contributed by atoms with Crippen LogP contribution in [0.25, 0.3) is 0 Å². The molecule has 0 atom stereocenters. The van der Waals surface area contributed by atoms with Crippen LogP contribution >= 0.6 is 23.2 Å². The van der Waals surface area contributed by atoms with E-state index in [9.17, 15) is 0 Å². The van der Waals surface area contributed by atoms with Crippen molar-refractivity contribution in [2.24, 2.45) is 0 Å². The number of nitrogens with one attached hydrogen (secondary N) is 1. The summed E-state index contributed by atoms with van der Waals surface area (Å²) in [6.07, 6.45) is 1.70. The Kier molecular flexibility index (Phi) is 4.37. The normalized spacial score (nSPS) is 10.5. The van der Waals surface area contributed by atoms with E-state index in [0.29, 0.717) is 16.7 Å². The van der Waals surface area contributed by atoms with Gasteiger partial charge in [0.2, 0.25) is 0 Å². The molecule has 0 aliphatic heterocycles. The molecule has 2 rings (SSSR count). The van der Waals surface area contributed by atoms with Gasteiger partial charge >= 0.3 is 0 Å². The molecule has 0 saturated heterocycles. The van der Waals surface area contributed by atoms with Gasteiger partial charge < -0.3 is 5.32 Å². The van der Waals surface area contributed by atoms with Gasteiger partial charge in [0.15, 0.2) is 0 Å². The van der Waals surface area contributed by atoms with E-state index in [1.807, 2.05) is 18.2 Å². The Morgan fingerprint density at radius 3 is 2.53 bits per heavy atom. The number of halogens is 2. The Hall–Kier alpha value is -1.09. The Labute approximate surface area is 111 Å². The average Bonchev–Trinajstić information content (AvgIpc) is 2.33. The second kappa shape index (κ2) is 6.01. The molecule has 2 aromatic rings.